The summed E-state index contributed by atoms with van der Waals surface area (Å²) in [4.78, 5) is 28.4. The molecule has 0 bridgehead atoms. The number of nitrogens with zero attached hydrogens (tertiary/aromatic N) is 2. The summed E-state index contributed by atoms with van der Waals surface area (Å²) in [6.45, 7) is 2.73. The van der Waals surface area contributed by atoms with Crippen molar-refractivity contribution in [3.8, 4) is 17.2 Å². The topological polar surface area (TPSA) is 99.1 Å². The number of ether oxygens (including phenoxy) is 3. The van der Waals surface area contributed by atoms with Gasteiger partial charge in [0.1, 0.15) is 5.75 Å². The molecule has 170 valence electrons. The summed E-state index contributed by atoms with van der Waals surface area (Å²) in [5, 5.41) is 3.95. The molecule has 1 heterocycles. The Labute approximate surface area is 192 Å². The Bertz CT molecular complexity index is 1100. The number of hydrogen-bond donors (Lipinski definition) is 1. The molecule has 0 saturated carbocycles. The number of hydrogen-bond acceptors (Lipinski definition) is 7. The highest BCUT2D eigenvalue weighted by molar-refractivity contribution is 5.95. The van der Waals surface area contributed by atoms with Gasteiger partial charge in [-0.05, 0) is 66.6 Å². The van der Waals surface area contributed by atoms with Crippen LogP contribution in [0.2, 0.25) is 0 Å². The monoisotopic (exact) mass is 447 g/mol. The molecular weight excluding hydrogens is 422 g/mol. The second-order valence-corrected chi connectivity index (χ2v) is 6.96. The van der Waals surface area contributed by atoms with E-state index in [1.165, 1.54) is 25.7 Å². The van der Waals surface area contributed by atoms with Gasteiger partial charge in [-0.3, -0.25) is 9.78 Å². The average Bonchev–Trinajstić information content (AvgIpc) is 2.85. The van der Waals surface area contributed by atoms with E-state index in [0.717, 1.165) is 12.8 Å². The van der Waals surface area contributed by atoms with Crippen LogP contribution in [0.4, 0.5) is 0 Å². The van der Waals surface area contributed by atoms with Crippen molar-refractivity contribution in [3.05, 3.63) is 83.7 Å². The molecule has 3 aromatic rings. The van der Waals surface area contributed by atoms with Gasteiger partial charge >= 0.3 is 5.97 Å². The fourth-order valence-electron chi connectivity index (χ4n) is 2.76. The number of pyridine rings is 1. The van der Waals surface area contributed by atoms with Crippen LogP contribution < -0.4 is 19.6 Å². The predicted molar refractivity (Wildman–Crippen MR) is 124 cm³/mol. The summed E-state index contributed by atoms with van der Waals surface area (Å²) in [6.07, 6.45) is 6.54. The first-order valence-corrected chi connectivity index (χ1v) is 10.5. The first-order valence-electron chi connectivity index (χ1n) is 10.5. The zero-order valence-electron chi connectivity index (χ0n) is 18.5. The molecule has 1 aromatic heterocycles. The summed E-state index contributed by atoms with van der Waals surface area (Å²) in [7, 11) is 1.47. The molecule has 33 heavy (non-hydrogen) atoms. The van der Waals surface area contributed by atoms with Gasteiger partial charge in [-0.25, -0.2) is 10.2 Å². The van der Waals surface area contributed by atoms with Gasteiger partial charge in [0.25, 0.3) is 5.91 Å². The molecule has 0 aliphatic carbocycles. The smallest absolute Gasteiger partial charge is 0.343 e. The average molecular weight is 447 g/mol. The number of methoxy groups -OCH3 is 1. The third kappa shape index (κ3) is 6.90. The third-order valence-electron chi connectivity index (χ3n) is 4.57. The summed E-state index contributed by atoms with van der Waals surface area (Å²) >= 11 is 0. The van der Waals surface area contributed by atoms with Crippen LogP contribution in [0.3, 0.4) is 0 Å². The van der Waals surface area contributed by atoms with Gasteiger partial charge in [0.15, 0.2) is 11.5 Å². The lowest BCUT2D eigenvalue weighted by Gasteiger charge is -2.10. The number of esters is 1. The van der Waals surface area contributed by atoms with E-state index in [4.69, 9.17) is 14.2 Å². The fourth-order valence-corrected chi connectivity index (χ4v) is 2.76. The highest BCUT2D eigenvalue weighted by Crippen LogP contribution is 2.28. The van der Waals surface area contributed by atoms with E-state index in [0.29, 0.717) is 34.8 Å². The highest BCUT2D eigenvalue weighted by atomic mass is 16.6. The molecule has 0 radical (unpaired) electrons. The van der Waals surface area contributed by atoms with Gasteiger partial charge in [0.05, 0.1) is 25.5 Å². The molecule has 0 spiro atoms. The Morgan fingerprint density at radius 3 is 2.45 bits per heavy atom. The predicted octanol–water partition coefficient (Wildman–Crippen LogP) is 4.25. The number of carbonyl (C=O) groups excluding carboxylic acids is 2. The van der Waals surface area contributed by atoms with Crippen molar-refractivity contribution in [2.45, 2.75) is 19.8 Å². The molecule has 0 fully saturated rings. The van der Waals surface area contributed by atoms with E-state index < -0.39 is 5.97 Å². The summed E-state index contributed by atoms with van der Waals surface area (Å²) in [6, 6.07) is 14.9. The van der Waals surface area contributed by atoms with Gasteiger partial charge < -0.3 is 14.2 Å². The number of hydrazone groups is 1. The van der Waals surface area contributed by atoms with Crippen molar-refractivity contribution in [2.24, 2.45) is 5.10 Å². The molecule has 2 aromatic carbocycles. The molecular formula is C25H25N3O5. The molecule has 0 aliphatic heterocycles. The third-order valence-corrected chi connectivity index (χ3v) is 4.57. The van der Waals surface area contributed by atoms with Gasteiger partial charge in [-0.2, -0.15) is 5.10 Å². The largest absolute Gasteiger partial charge is 0.494 e. The lowest BCUT2D eigenvalue weighted by molar-refractivity contribution is 0.0729. The zero-order chi connectivity index (χ0) is 23.5. The van der Waals surface area contributed by atoms with E-state index in [2.05, 4.69) is 22.4 Å². The Kier molecular flexibility index (Phi) is 8.53. The standard InChI is InChI=1S/C25H25N3O5/c1-3-4-15-32-21-8-6-20(7-9-21)25(30)33-22-10-5-18(16-23(22)31-2)17-27-28-24(29)19-11-13-26-14-12-19/h5-14,16-17H,3-4,15H2,1-2H3,(H,28,29). The lowest BCUT2D eigenvalue weighted by Crippen LogP contribution is -2.17. The maximum atomic E-state index is 12.5. The Hall–Kier alpha value is -4.20. The molecule has 1 N–H and O–H groups in total. The van der Waals surface area contributed by atoms with Crippen LogP contribution in [0, 0.1) is 0 Å². The zero-order valence-corrected chi connectivity index (χ0v) is 18.5. The molecule has 8 nitrogen and oxygen atoms in total. The van der Waals surface area contributed by atoms with E-state index in [9.17, 15) is 9.59 Å². The van der Waals surface area contributed by atoms with Crippen LogP contribution in [-0.4, -0.2) is 36.8 Å². The van der Waals surface area contributed by atoms with Gasteiger partial charge in [-0.15, -0.1) is 0 Å². The maximum absolute atomic E-state index is 12.5. The van der Waals surface area contributed by atoms with Crippen LogP contribution in [0.25, 0.3) is 0 Å². The first-order chi connectivity index (χ1) is 16.1. The number of nitrogens with one attached hydrogen (secondary N) is 1. The number of benzene rings is 2. The molecule has 0 atom stereocenters. The first kappa shape index (κ1) is 23.5. The van der Waals surface area contributed by atoms with Gasteiger partial charge in [0, 0.05) is 18.0 Å². The van der Waals surface area contributed by atoms with Crippen molar-refractivity contribution in [2.75, 3.05) is 13.7 Å². The van der Waals surface area contributed by atoms with E-state index in [1.54, 1.807) is 54.6 Å². The Morgan fingerprint density at radius 2 is 1.76 bits per heavy atom. The number of aromatic nitrogens is 1. The summed E-state index contributed by atoms with van der Waals surface area (Å²) in [5.41, 5.74) is 3.93. The van der Waals surface area contributed by atoms with Crippen LogP contribution in [0.1, 0.15) is 46.0 Å². The maximum Gasteiger partial charge on any atom is 0.343 e. The number of unbranched alkanes of at least 4 members (excludes halogenated alkanes) is 1. The second-order valence-electron chi connectivity index (χ2n) is 6.96. The SMILES string of the molecule is CCCCOc1ccc(C(=O)Oc2ccc(C=NNC(=O)c3ccncc3)cc2OC)cc1. The Morgan fingerprint density at radius 1 is 1.00 bits per heavy atom. The van der Waals surface area contributed by atoms with E-state index >= 15 is 0 Å². The van der Waals surface area contributed by atoms with Crippen LogP contribution in [-0.2, 0) is 0 Å². The normalized spacial score (nSPS) is 10.6. The van der Waals surface area contributed by atoms with Crippen LogP contribution in [0.15, 0.2) is 72.1 Å². The van der Waals surface area contributed by atoms with Gasteiger partial charge in [0.2, 0.25) is 0 Å². The molecule has 1 amide bonds. The van der Waals surface area contributed by atoms with E-state index in [-0.39, 0.29) is 11.7 Å². The lowest BCUT2D eigenvalue weighted by atomic mass is 10.2. The minimum Gasteiger partial charge on any atom is -0.494 e. The Balaban J connectivity index is 1.61. The van der Waals surface area contributed by atoms with Crippen molar-refractivity contribution in [1.82, 2.24) is 10.4 Å². The van der Waals surface area contributed by atoms with Crippen molar-refractivity contribution < 1.29 is 23.8 Å². The number of rotatable bonds is 10. The van der Waals surface area contributed by atoms with Crippen LogP contribution >= 0.6 is 0 Å². The fraction of sp³-hybridized carbons (Fsp3) is 0.200. The van der Waals surface area contributed by atoms with Gasteiger partial charge in [-0.1, -0.05) is 13.3 Å². The quantitative estimate of drug-likeness (QED) is 0.164. The minimum absolute atomic E-state index is 0.267. The summed E-state index contributed by atoms with van der Waals surface area (Å²) in [5.74, 6) is 0.459. The molecule has 8 heteroatoms. The van der Waals surface area contributed by atoms with Crippen LogP contribution in [0.5, 0.6) is 17.2 Å². The summed E-state index contributed by atoms with van der Waals surface area (Å²) < 4.78 is 16.4. The molecule has 0 aliphatic rings. The second kappa shape index (κ2) is 12.0. The molecule has 0 unspecified atom stereocenters. The van der Waals surface area contributed by atoms with E-state index in [1.807, 2.05) is 0 Å². The highest BCUT2D eigenvalue weighted by Gasteiger charge is 2.13. The molecule has 3 rings (SSSR count). The number of amides is 1. The van der Waals surface area contributed by atoms with Crippen molar-refractivity contribution >= 4 is 18.1 Å². The molecule has 0 saturated heterocycles. The number of carbonyl (C=O) groups is 2. The van der Waals surface area contributed by atoms with Crippen molar-refractivity contribution in [3.63, 3.8) is 0 Å². The minimum atomic E-state index is -0.514. The van der Waals surface area contributed by atoms with Crippen molar-refractivity contribution in [1.29, 1.82) is 0 Å².